The average Bonchev–Trinajstić information content (AvgIpc) is 3.20. The summed E-state index contributed by atoms with van der Waals surface area (Å²) in [6, 6.07) is 6.88. The first-order chi connectivity index (χ1) is 9.17. The van der Waals surface area contributed by atoms with Gasteiger partial charge in [0.25, 0.3) is 0 Å². The van der Waals surface area contributed by atoms with Crippen LogP contribution in [0.1, 0.15) is 12.8 Å². The van der Waals surface area contributed by atoms with E-state index in [1.807, 2.05) is 0 Å². The smallest absolute Gasteiger partial charge is 0.319 e. The van der Waals surface area contributed by atoms with Crippen molar-refractivity contribution in [3.05, 3.63) is 24.3 Å². The summed E-state index contributed by atoms with van der Waals surface area (Å²) in [7, 11) is 1.56. The van der Waals surface area contributed by atoms with Crippen molar-refractivity contribution in [3.63, 3.8) is 0 Å². The number of urea groups is 1. The van der Waals surface area contributed by atoms with E-state index in [0.29, 0.717) is 17.5 Å². The number of hydrogen-bond acceptors (Lipinski definition) is 3. The number of anilines is 1. The number of amides is 3. The number of methoxy groups -OCH3 is 1. The van der Waals surface area contributed by atoms with E-state index in [9.17, 15) is 9.59 Å². The van der Waals surface area contributed by atoms with Gasteiger partial charge >= 0.3 is 6.03 Å². The Morgan fingerprint density at radius 1 is 1.37 bits per heavy atom. The SMILES string of the molecule is COc1cccc(NC(=O)NCC(=O)NC2CC2)c1. The lowest BCUT2D eigenvalue weighted by atomic mass is 10.3. The first-order valence-electron chi connectivity index (χ1n) is 6.15. The molecular weight excluding hydrogens is 246 g/mol. The third kappa shape index (κ3) is 4.50. The monoisotopic (exact) mass is 263 g/mol. The maximum absolute atomic E-state index is 11.6. The van der Waals surface area contributed by atoms with E-state index in [0.717, 1.165) is 12.8 Å². The predicted octanol–water partition coefficient (Wildman–Crippen LogP) is 1.10. The molecule has 2 rings (SSSR count). The molecule has 0 aliphatic heterocycles. The Morgan fingerprint density at radius 2 is 2.16 bits per heavy atom. The molecule has 0 heterocycles. The van der Waals surface area contributed by atoms with Crippen molar-refractivity contribution < 1.29 is 14.3 Å². The minimum absolute atomic E-state index is 0.0215. The molecule has 1 saturated carbocycles. The molecule has 3 amide bonds. The molecular formula is C13H17N3O3. The fourth-order valence-corrected chi connectivity index (χ4v) is 1.54. The van der Waals surface area contributed by atoms with Crippen molar-refractivity contribution in [2.75, 3.05) is 19.0 Å². The molecule has 0 atom stereocenters. The van der Waals surface area contributed by atoms with Gasteiger partial charge in [0.05, 0.1) is 13.7 Å². The summed E-state index contributed by atoms with van der Waals surface area (Å²) in [5, 5.41) is 7.92. The summed E-state index contributed by atoms with van der Waals surface area (Å²) in [4.78, 5) is 23.0. The molecule has 0 spiro atoms. The molecule has 3 N–H and O–H groups in total. The average molecular weight is 263 g/mol. The van der Waals surface area contributed by atoms with E-state index >= 15 is 0 Å². The van der Waals surface area contributed by atoms with Crippen LogP contribution in [-0.2, 0) is 4.79 Å². The highest BCUT2D eigenvalue weighted by Gasteiger charge is 2.23. The van der Waals surface area contributed by atoms with Gasteiger partial charge in [-0.1, -0.05) is 6.07 Å². The third-order valence-corrected chi connectivity index (χ3v) is 2.68. The van der Waals surface area contributed by atoms with Crippen LogP contribution in [0, 0.1) is 0 Å². The maximum atomic E-state index is 11.6. The Kier molecular flexibility index (Phi) is 4.22. The third-order valence-electron chi connectivity index (χ3n) is 2.68. The molecule has 1 aromatic carbocycles. The molecule has 19 heavy (non-hydrogen) atoms. The Hall–Kier alpha value is -2.24. The van der Waals surface area contributed by atoms with Gasteiger partial charge in [0.2, 0.25) is 5.91 Å². The van der Waals surface area contributed by atoms with Crippen LogP contribution in [0.2, 0.25) is 0 Å². The van der Waals surface area contributed by atoms with Crippen molar-refractivity contribution in [3.8, 4) is 5.75 Å². The number of nitrogens with one attached hydrogen (secondary N) is 3. The lowest BCUT2D eigenvalue weighted by Gasteiger charge is -2.08. The van der Waals surface area contributed by atoms with E-state index < -0.39 is 6.03 Å². The highest BCUT2D eigenvalue weighted by Crippen LogP contribution is 2.18. The van der Waals surface area contributed by atoms with Gasteiger partial charge in [-0.15, -0.1) is 0 Å². The van der Waals surface area contributed by atoms with Gasteiger partial charge in [0, 0.05) is 17.8 Å². The predicted molar refractivity (Wildman–Crippen MR) is 71.2 cm³/mol. The molecule has 102 valence electrons. The maximum Gasteiger partial charge on any atom is 0.319 e. The van der Waals surface area contributed by atoms with E-state index in [1.165, 1.54) is 0 Å². The largest absolute Gasteiger partial charge is 0.497 e. The first-order valence-corrected chi connectivity index (χ1v) is 6.15. The summed E-state index contributed by atoms with van der Waals surface area (Å²) in [6.07, 6.45) is 2.06. The van der Waals surface area contributed by atoms with Gasteiger partial charge in [-0.25, -0.2) is 4.79 Å². The Balaban J connectivity index is 1.74. The number of benzene rings is 1. The molecule has 0 aromatic heterocycles. The topological polar surface area (TPSA) is 79.5 Å². The summed E-state index contributed by atoms with van der Waals surface area (Å²) < 4.78 is 5.05. The van der Waals surface area contributed by atoms with Crippen LogP contribution in [0.15, 0.2) is 24.3 Å². The molecule has 0 unspecified atom stereocenters. The van der Waals surface area contributed by atoms with Crippen molar-refractivity contribution in [2.24, 2.45) is 0 Å². The molecule has 1 aliphatic carbocycles. The molecule has 6 nitrogen and oxygen atoms in total. The summed E-state index contributed by atoms with van der Waals surface area (Å²) in [5.41, 5.74) is 0.611. The van der Waals surface area contributed by atoms with Gasteiger partial charge in [-0.05, 0) is 25.0 Å². The first kappa shape index (κ1) is 13.2. The fraction of sp³-hybridized carbons (Fsp3) is 0.385. The van der Waals surface area contributed by atoms with E-state index in [-0.39, 0.29) is 12.5 Å². The summed E-state index contributed by atoms with van der Waals surface area (Å²) in [5.74, 6) is 0.493. The summed E-state index contributed by atoms with van der Waals surface area (Å²) in [6.45, 7) is -0.0215. The van der Waals surface area contributed by atoms with Gasteiger partial charge in [0.1, 0.15) is 5.75 Å². The second kappa shape index (κ2) is 6.08. The zero-order valence-corrected chi connectivity index (χ0v) is 10.7. The van der Waals surface area contributed by atoms with E-state index in [2.05, 4.69) is 16.0 Å². The number of rotatable bonds is 5. The van der Waals surface area contributed by atoms with Gasteiger partial charge < -0.3 is 20.7 Å². The second-order valence-electron chi connectivity index (χ2n) is 4.38. The standard InChI is InChI=1S/C13H17N3O3/c1-19-11-4-2-3-10(7-11)16-13(18)14-8-12(17)15-9-5-6-9/h2-4,7,9H,5-6,8H2,1H3,(H,15,17)(H2,14,16,18). The molecule has 0 bridgehead atoms. The number of carbonyl (C=O) groups excluding carboxylic acids is 2. The molecule has 6 heteroatoms. The molecule has 1 aromatic rings. The van der Waals surface area contributed by atoms with Gasteiger partial charge in [-0.2, -0.15) is 0 Å². The lowest BCUT2D eigenvalue weighted by molar-refractivity contribution is -0.120. The van der Waals surface area contributed by atoms with Crippen LogP contribution >= 0.6 is 0 Å². The minimum Gasteiger partial charge on any atom is -0.497 e. The van der Waals surface area contributed by atoms with Crippen LogP contribution < -0.4 is 20.7 Å². The van der Waals surface area contributed by atoms with Crippen molar-refractivity contribution in [1.29, 1.82) is 0 Å². The minimum atomic E-state index is -0.417. The Bertz CT molecular complexity index is 472. The molecule has 0 saturated heterocycles. The van der Waals surface area contributed by atoms with Gasteiger partial charge in [0.15, 0.2) is 0 Å². The second-order valence-corrected chi connectivity index (χ2v) is 4.38. The zero-order chi connectivity index (χ0) is 13.7. The van der Waals surface area contributed by atoms with Crippen LogP contribution in [0.3, 0.4) is 0 Å². The summed E-state index contributed by atoms with van der Waals surface area (Å²) >= 11 is 0. The van der Waals surface area contributed by atoms with Crippen LogP contribution in [0.25, 0.3) is 0 Å². The van der Waals surface area contributed by atoms with Crippen molar-refractivity contribution in [1.82, 2.24) is 10.6 Å². The number of carbonyl (C=O) groups is 2. The van der Waals surface area contributed by atoms with Crippen molar-refractivity contribution >= 4 is 17.6 Å². The number of ether oxygens (including phenoxy) is 1. The fourth-order valence-electron chi connectivity index (χ4n) is 1.54. The van der Waals surface area contributed by atoms with E-state index in [4.69, 9.17) is 4.74 Å². The van der Waals surface area contributed by atoms with Crippen LogP contribution in [0.5, 0.6) is 5.75 Å². The van der Waals surface area contributed by atoms with Gasteiger partial charge in [-0.3, -0.25) is 4.79 Å². The Labute approximate surface area is 111 Å². The number of hydrogen-bond donors (Lipinski definition) is 3. The molecule has 1 aliphatic rings. The van der Waals surface area contributed by atoms with Crippen LogP contribution in [0.4, 0.5) is 10.5 Å². The van der Waals surface area contributed by atoms with E-state index in [1.54, 1.807) is 31.4 Å². The molecule has 0 radical (unpaired) electrons. The quantitative estimate of drug-likeness (QED) is 0.744. The zero-order valence-electron chi connectivity index (χ0n) is 10.7. The van der Waals surface area contributed by atoms with Crippen molar-refractivity contribution in [2.45, 2.75) is 18.9 Å². The highest BCUT2D eigenvalue weighted by molar-refractivity contribution is 5.92. The lowest BCUT2D eigenvalue weighted by Crippen LogP contribution is -2.39. The van der Waals surface area contributed by atoms with Crippen LogP contribution in [-0.4, -0.2) is 31.6 Å². The normalized spacial score (nSPS) is 13.5. The molecule has 1 fully saturated rings. The highest BCUT2D eigenvalue weighted by atomic mass is 16.5. The Morgan fingerprint density at radius 3 is 2.84 bits per heavy atom.